The Morgan fingerprint density at radius 3 is 2.93 bits per heavy atom. The molecular formula is C11H17N3O. The number of hydrogen-bond acceptors (Lipinski definition) is 3. The van der Waals surface area contributed by atoms with Crippen LogP contribution in [0.3, 0.4) is 0 Å². The van der Waals surface area contributed by atoms with E-state index in [0.717, 1.165) is 6.42 Å². The van der Waals surface area contributed by atoms with Crippen LogP contribution in [0, 0.1) is 5.92 Å². The molecule has 1 rings (SSSR count). The van der Waals surface area contributed by atoms with Crippen LogP contribution in [0.5, 0.6) is 0 Å². The lowest BCUT2D eigenvalue weighted by Gasteiger charge is -2.11. The number of anilines is 1. The van der Waals surface area contributed by atoms with Gasteiger partial charge < -0.3 is 11.1 Å². The second-order valence-corrected chi connectivity index (χ2v) is 3.48. The Morgan fingerprint density at radius 2 is 2.40 bits per heavy atom. The summed E-state index contributed by atoms with van der Waals surface area (Å²) in [6, 6.07) is 5.41. The van der Waals surface area contributed by atoms with E-state index in [1.165, 1.54) is 0 Å². The maximum absolute atomic E-state index is 11.5. The van der Waals surface area contributed by atoms with Crippen LogP contribution in [0.25, 0.3) is 0 Å². The van der Waals surface area contributed by atoms with Crippen LogP contribution in [-0.2, 0) is 4.79 Å². The highest BCUT2D eigenvalue weighted by molar-refractivity contribution is 5.89. The molecule has 0 spiro atoms. The molecule has 0 bridgehead atoms. The van der Waals surface area contributed by atoms with Crippen molar-refractivity contribution in [3.05, 3.63) is 24.4 Å². The SMILES string of the molecule is CCC(CN)CC(=O)Nc1ccccn1. The normalized spacial score (nSPS) is 12.1. The van der Waals surface area contributed by atoms with Crippen molar-refractivity contribution in [1.82, 2.24) is 4.98 Å². The Balaban J connectivity index is 2.43. The molecule has 0 saturated heterocycles. The number of carbonyl (C=O) groups is 1. The quantitative estimate of drug-likeness (QED) is 0.766. The number of nitrogens with one attached hydrogen (secondary N) is 1. The summed E-state index contributed by atoms with van der Waals surface area (Å²) in [6.07, 6.45) is 3.03. The first-order valence-electron chi connectivity index (χ1n) is 5.17. The van der Waals surface area contributed by atoms with Gasteiger partial charge in [-0.25, -0.2) is 4.98 Å². The van der Waals surface area contributed by atoms with E-state index >= 15 is 0 Å². The van der Waals surface area contributed by atoms with Crippen LogP contribution < -0.4 is 11.1 Å². The second-order valence-electron chi connectivity index (χ2n) is 3.48. The topological polar surface area (TPSA) is 68.0 Å². The van der Waals surface area contributed by atoms with Gasteiger partial charge in [-0.1, -0.05) is 19.4 Å². The van der Waals surface area contributed by atoms with E-state index in [0.29, 0.717) is 18.8 Å². The molecule has 82 valence electrons. The third-order valence-electron chi connectivity index (χ3n) is 2.32. The number of pyridine rings is 1. The van der Waals surface area contributed by atoms with E-state index in [-0.39, 0.29) is 11.8 Å². The molecule has 1 atom stereocenters. The highest BCUT2D eigenvalue weighted by Gasteiger charge is 2.10. The number of nitrogens with two attached hydrogens (primary N) is 1. The number of nitrogens with zero attached hydrogens (tertiary/aromatic N) is 1. The molecular weight excluding hydrogens is 190 g/mol. The van der Waals surface area contributed by atoms with Crippen LogP contribution in [0.4, 0.5) is 5.82 Å². The molecule has 1 unspecified atom stereocenters. The first-order chi connectivity index (χ1) is 7.26. The molecule has 0 aliphatic heterocycles. The molecule has 0 aliphatic rings. The van der Waals surface area contributed by atoms with Crippen LogP contribution in [-0.4, -0.2) is 17.4 Å². The van der Waals surface area contributed by atoms with E-state index in [9.17, 15) is 4.79 Å². The molecule has 4 heteroatoms. The summed E-state index contributed by atoms with van der Waals surface area (Å²) in [7, 11) is 0. The maximum atomic E-state index is 11.5. The Labute approximate surface area is 89.9 Å². The van der Waals surface area contributed by atoms with Crippen LogP contribution in [0.2, 0.25) is 0 Å². The molecule has 0 fully saturated rings. The van der Waals surface area contributed by atoms with Crippen LogP contribution in [0.1, 0.15) is 19.8 Å². The average Bonchev–Trinajstić information content (AvgIpc) is 2.27. The van der Waals surface area contributed by atoms with Crippen molar-refractivity contribution in [3.8, 4) is 0 Å². The zero-order chi connectivity index (χ0) is 11.1. The minimum absolute atomic E-state index is 0.0222. The molecule has 0 saturated carbocycles. The molecule has 0 aromatic carbocycles. The summed E-state index contributed by atoms with van der Waals surface area (Å²) in [5.41, 5.74) is 5.53. The van der Waals surface area contributed by atoms with Crippen LogP contribution >= 0.6 is 0 Å². The molecule has 15 heavy (non-hydrogen) atoms. The summed E-state index contributed by atoms with van der Waals surface area (Å²) >= 11 is 0. The minimum atomic E-state index is -0.0222. The minimum Gasteiger partial charge on any atom is -0.330 e. The van der Waals surface area contributed by atoms with E-state index in [2.05, 4.69) is 10.3 Å². The second kappa shape index (κ2) is 6.14. The smallest absolute Gasteiger partial charge is 0.225 e. The van der Waals surface area contributed by atoms with Gasteiger partial charge in [-0.2, -0.15) is 0 Å². The summed E-state index contributed by atoms with van der Waals surface area (Å²) in [6.45, 7) is 2.58. The number of rotatable bonds is 5. The lowest BCUT2D eigenvalue weighted by Crippen LogP contribution is -2.22. The molecule has 0 aliphatic carbocycles. The highest BCUT2D eigenvalue weighted by atomic mass is 16.1. The third kappa shape index (κ3) is 4.08. The van der Waals surface area contributed by atoms with Gasteiger partial charge in [-0.15, -0.1) is 0 Å². The van der Waals surface area contributed by atoms with Gasteiger partial charge in [0, 0.05) is 12.6 Å². The number of amides is 1. The van der Waals surface area contributed by atoms with Gasteiger partial charge in [-0.3, -0.25) is 4.79 Å². The third-order valence-corrected chi connectivity index (χ3v) is 2.32. The Morgan fingerprint density at radius 1 is 1.60 bits per heavy atom. The first kappa shape index (κ1) is 11.7. The van der Waals surface area contributed by atoms with Crippen molar-refractivity contribution in [2.24, 2.45) is 11.7 Å². The Kier molecular flexibility index (Phi) is 4.77. The van der Waals surface area contributed by atoms with Gasteiger partial charge in [-0.05, 0) is 24.6 Å². The lowest BCUT2D eigenvalue weighted by atomic mass is 10.0. The molecule has 1 heterocycles. The number of aromatic nitrogens is 1. The zero-order valence-corrected chi connectivity index (χ0v) is 8.94. The van der Waals surface area contributed by atoms with Crippen molar-refractivity contribution in [2.75, 3.05) is 11.9 Å². The molecule has 0 radical (unpaired) electrons. The van der Waals surface area contributed by atoms with Crippen LogP contribution in [0.15, 0.2) is 24.4 Å². The fraction of sp³-hybridized carbons (Fsp3) is 0.455. The van der Waals surface area contributed by atoms with Gasteiger partial charge in [0.05, 0.1) is 0 Å². The first-order valence-corrected chi connectivity index (χ1v) is 5.17. The van der Waals surface area contributed by atoms with E-state index in [1.54, 1.807) is 12.3 Å². The number of carbonyl (C=O) groups excluding carboxylic acids is 1. The fourth-order valence-electron chi connectivity index (χ4n) is 1.29. The Bertz CT molecular complexity index is 296. The lowest BCUT2D eigenvalue weighted by molar-refractivity contribution is -0.117. The van der Waals surface area contributed by atoms with E-state index in [4.69, 9.17) is 5.73 Å². The largest absolute Gasteiger partial charge is 0.330 e. The van der Waals surface area contributed by atoms with Gasteiger partial charge in [0.2, 0.25) is 5.91 Å². The monoisotopic (exact) mass is 207 g/mol. The standard InChI is InChI=1S/C11H17N3O/c1-2-9(8-12)7-11(15)14-10-5-3-4-6-13-10/h3-6,9H,2,7-8,12H2,1H3,(H,13,14,15). The van der Waals surface area contributed by atoms with Crippen molar-refractivity contribution >= 4 is 11.7 Å². The average molecular weight is 207 g/mol. The Hall–Kier alpha value is -1.42. The van der Waals surface area contributed by atoms with Gasteiger partial charge in [0.25, 0.3) is 0 Å². The summed E-state index contributed by atoms with van der Waals surface area (Å²) in [5, 5.41) is 2.74. The van der Waals surface area contributed by atoms with E-state index < -0.39 is 0 Å². The fourth-order valence-corrected chi connectivity index (χ4v) is 1.29. The van der Waals surface area contributed by atoms with Gasteiger partial charge in [0.15, 0.2) is 0 Å². The predicted octanol–water partition coefficient (Wildman–Crippen LogP) is 1.40. The number of hydrogen-bond donors (Lipinski definition) is 2. The van der Waals surface area contributed by atoms with Gasteiger partial charge in [0.1, 0.15) is 5.82 Å². The van der Waals surface area contributed by atoms with E-state index in [1.807, 2.05) is 19.1 Å². The summed E-state index contributed by atoms with van der Waals surface area (Å²) in [4.78, 5) is 15.5. The van der Waals surface area contributed by atoms with Crippen molar-refractivity contribution in [1.29, 1.82) is 0 Å². The predicted molar refractivity (Wildman–Crippen MR) is 60.3 cm³/mol. The van der Waals surface area contributed by atoms with Crippen molar-refractivity contribution in [2.45, 2.75) is 19.8 Å². The zero-order valence-electron chi connectivity index (χ0n) is 8.94. The van der Waals surface area contributed by atoms with Gasteiger partial charge >= 0.3 is 0 Å². The molecule has 1 aromatic heterocycles. The molecule has 3 N–H and O–H groups in total. The molecule has 4 nitrogen and oxygen atoms in total. The molecule has 1 amide bonds. The highest BCUT2D eigenvalue weighted by Crippen LogP contribution is 2.08. The summed E-state index contributed by atoms with van der Waals surface area (Å²) < 4.78 is 0. The van der Waals surface area contributed by atoms with Crippen molar-refractivity contribution in [3.63, 3.8) is 0 Å². The summed E-state index contributed by atoms with van der Waals surface area (Å²) in [5.74, 6) is 0.828. The molecule has 1 aromatic rings. The van der Waals surface area contributed by atoms with Crippen molar-refractivity contribution < 1.29 is 4.79 Å². The maximum Gasteiger partial charge on any atom is 0.225 e.